The third kappa shape index (κ3) is 3.42. The number of ether oxygens (including phenoxy) is 1. The van der Waals surface area contributed by atoms with Crippen LogP contribution in [0.5, 0.6) is 0 Å². The Balaban J connectivity index is 1.45. The fourth-order valence-electron chi connectivity index (χ4n) is 3.65. The molecule has 0 saturated carbocycles. The van der Waals surface area contributed by atoms with E-state index in [9.17, 15) is 4.79 Å². The van der Waals surface area contributed by atoms with Crippen LogP contribution in [0.1, 0.15) is 39.7 Å². The molecule has 5 rings (SSSR count). The summed E-state index contributed by atoms with van der Waals surface area (Å²) in [4.78, 5) is 34.5. The van der Waals surface area contributed by atoms with Gasteiger partial charge in [0, 0.05) is 35.9 Å². The van der Waals surface area contributed by atoms with E-state index in [1.165, 1.54) is 10.4 Å². The van der Waals surface area contributed by atoms with E-state index in [0.29, 0.717) is 18.3 Å². The molecule has 0 radical (unpaired) electrons. The highest BCUT2D eigenvalue weighted by Gasteiger charge is 2.34. The highest BCUT2D eigenvalue weighted by molar-refractivity contribution is 7.18. The van der Waals surface area contributed by atoms with Crippen LogP contribution in [0.3, 0.4) is 0 Å². The lowest BCUT2D eigenvalue weighted by atomic mass is 9.98. The highest BCUT2D eigenvalue weighted by Crippen LogP contribution is 2.39. The molecule has 158 valence electrons. The van der Waals surface area contributed by atoms with Crippen molar-refractivity contribution in [1.82, 2.24) is 30.1 Å². The van der Waals surface area contributed by atoms with Crippen molar-refractivity contribution < 1.29 is 9.53 Å². The molecule has 0 aliphatic carbocycles. The van der Waals surface area contributed by atoms with Crippen LogP contribution >= 0.6 is 11.3 Å². The zero-order valence-electron chi connectivity index (χ0n) is 17.4. The number of H-pyrrole nitrogens is 1. The van der Waals surface area contributed by atoms with Gasteiger partial charge in [-0.25, -0.2) is 19.7 Å². The molecule has 4 aromatic rings. The van der Waals surface area contributed by atoms with E-state index >= 15 is 0 Å². The fraction of sp³-hybridized carbons (Fsp3) is 0.333. The van der Waals surface area contributed by atoms with Crippen molar-refractivity contribution in [2.24, 2.45) is 0 Å². The standard InChI is InChI=1S/C21H21N7O2S/c1-4-30-21(29)18-23-17(26-27-18)14-9-28(10-14)19-15-11(2)12(3)31-20(15)25-16(24-19)13-6-5-7-22-8-13/h5-8,14H,4,9-10H2,1-3H3,(H,23,26,27). The van der Waals surface area contributed by atoms with Crippen molar-refractivity contribution >= 4 is 33.3 Å². The Bertz CT molecular complexity index is 1260. The number of fused-ring (bicyclic) bond motifs is 1. The van der Waals surface area contributed by atoms with Gasteiger partial charge in [0.25, 0.3) is 5.82 Å². The lowest BCUT2D eigenvalue weighted by molar-refractivity contribution is 0.0512. The maximum absolute atomic E-state index is 11.8. The maximum Gasteiger partial charge on any atom is 0.378 e. The molecule has 0 unspecified atom stereocenters. The summed E-state index contributed by atoms with van der Waals surface area (Å²) in [6.45, 7) is 7.73. The summed E-state index contributed by atoms with van der Waals surface area (Å²) in [5, 5.41) is 7.97. The van der Waals surface area contributed by atoms with Gasteiger partial charge in [-0.05, 0) is 38.5 Å². The SMILES string of the molecule is CCOC(=O)c1n[nH]c(C2CN(c3nc(-c4cccnc4)nc4sc(C)c(C)c34)C2)n1. The first kappa shape index (κ1) is 19.6. The first-order valence-electron chi connectivity index (χ1n) is 10.1. The molecular weight excluding hydrogens is 414 g/mol. The minimum atomic E-state index is -0.510. The quantitative estimate of drug-likeness (QED) is 0.476. The van der Waals surface area contributed by atoms with Gasteiger partial charge in [0.05, 0.1) is 17.9 Å². The van der Waals surface area contributed by atoms with Gasteiger partial charge in [0.1, 0.15) is 16.5 Å². The second-order valence-corrected chi connectivity index (χ2v) is 8.65. The van der Waals surface area contributed by atoms with Gasteiger partial charge in [-0.2, -0.15) is 0 Å². The molecule has 31 heavy (non-hydrogen) atoms. The van der Waals surface area contributed by atoms with Crippen molar-refractivity contribution in [3.8, 4) is 11.4 Å². The highest BCUT2D eigenvalue weighted by atomic mass is 32.1. The number of hydrogen-bond acceptors (Lipinski definition) is 9. The van der Waals surface area contributed by atoms with Crippen molar-refractivity contribution in [3.63, 3.8) is 0 Å². The molecule has 1 N–H and O–H groups in total. The monoisotopic (exact) mass is 435 g/mol. The Morgan fingerprint density at radius 1 is 1.29 bits per heavy atom. The Morgan fingerprint density at radius 3 is 2.87 bits per heavy atom. The Morgan fingerprint density at radius 2 is 2.13 bits per heavy atom. The maximum atomic E-state index is 11.8. The summed E-state index contributed by atoms with van der Waals surface area (Å²) in [6.07, 6.45) is 3.52. The molecule has 0 amide bonds. The summed E-state index contributed by atoms with van der Waals surface area (Å²) in [5.74, 6) is 1.99. The Kier molecular flexibility index (Phi) is 4.85. The fourth-order valence-corrected chi connectivity index (χ4v) is 4.67. The van der Waals surface area contributed by atoms with E-state index in [1.807, 2.05) is 12.1 Å². The molecule has 0 aromatic carbocycles. The molecule has 0 bridgehead atoms. The summed E-state index contributed by atoms with van der Waals surface area (Å²) in [7, 11) is 0. The molecule has 1 saturated heterocycles. The topological polar surface area (TPSA) is 110 Å². The molecule has 9 nitrogen and oxygen atoms in total. The summed E-state index contributed by atoms with van der Waals surface area (Å²) >= 11 is 1.68. The predicted octanol–water partition coefficient (Wildman–Crippen LogP) is 3.27. The molecule has 10 heteroatoms. The van der Waals surface area contributed by atoms with Crippen LogP contribution in [0.2, 0.25) is 0 Å². The number of carbonyl (C=O) groups is 1. The average molecular weight is 436 g/mol. The van der Waals surface area contributed by atoms with Crippen molar-refractivity contribution in [3.05, 3.63) is 46.6 Å². The second-order valence-electron chi connectivity index (χ2n) is 7.44. The Labute approximate surface area is 182 Å². The number of hydrogen-bond donors (Lipinski definition) is 1. The van der Waals surface area contributed by atoms with Crippen molar-refractivity contribution in [2.75, 3.05) is 24.6 Å². The van der Waals surface area contributed by atoms with E-state index in [0.717, 1.165) is 34.7 Å². The normalized spacial score (nSPS) is 14.1. The number of nitrogens with zero attached hydrogens (tertiary/aromatic N) is 6. The van der Waals surface area contributed by atoms with Gasteiger partial charge in [0.2, 0.25) is 0 Å². The molecule has 1 aliphatic rings. The van der Waals surface area contributed by atoms with Gasteiger partial charge in [-0.1, -0.05) is 0 Å². The summed E-state index contributed by atoms with van der Waals surface area (Å²) in [6, 6.07) is 3.85. The lowest BCUT2D eigenvalue weighted by Crippen LogP contribution is -2.46. The van der Waals surface area contributed by atoms with Crippen LogP contribution in [-0.4, -0.2) is 55.8 Å². The van der Waals surface area contributed by atoms with E-state index in [2.05, 4.69) is 38.9 Å². The number of esters is 1. The van der Waals surface area contributed by atoms with E-state index in [1.54, 1.807) is 30.7 Å². The van der Waals surface area contributed by atoms with Gasteiger partial charge < -0.3 is 9.64 Å². The molecule has 4 aromatic heterocycles. The minimum Gasteiger partial charge on any atom is -0.460 e. The van der Waals surface area contributed by atoms with Crippen LogP contribution in [0.15, 0.2) is 24.5 Å². The number of thiophene rings is 1. The molecule has 1 aliphatic heterocycles. The first-order chi connectivity index (χ1) is 15.0. The van der Waals surface area contributed by atoms with Crippen LogP contribution in [0, 0.1) is 13.8 Å². The first-order valence-corrected chi connectivity index (χ1v) is 10.9. The van der Waals surface area contributed by atoms with Gasteiger partial charge in [0.15, 0.2) is 5.82 Å². The number of pyridine rings is 1. The number of carbonyl (C=O) groups excluding carboxylic acids is 1. The predicted molar refractivity (Wildman–Crippen MR) is 117 cm³/mol. The smallest absolute Gasteiger partial charge is 0.378 e. The summed E-state index contributed by atoms with van der Waals surface area (Å²) in [5.41, 5.74) is 2.10. The van der Waals surface area contributed by atoms with Crippen LogP contribution in [0.25, 0.3) is 21.6 Å². The second kappa shape index (κ2) is 7.69. The van der Waals surface area contributed by atoms with Crippen LogP contribution in [-0.2, 0) is 4.74 Å². The number of rotatable bonds is 5. The minimum absolute atomic E-state index is 0.0721. The van der Waals surface area contributed by atoms with Crippen LogP contribution in [0.4, 0.5) is 5.82 Å². The van der Waals surface area contributed by atoms with Crippen molar-refractivity contribution in [1.29, 1.82) is 0 Å². The number of anilines is 1. The molecule has 1 fully saturated rings. The molecule has 5 heterocycles. The largest absolute Gasteiger partial charge is 0.460 e. The zero-order chi connectivity index (χ0) is 21.5. The zero-order valence-corrected chi connectivity index (χ0v) is 18.2. The van der Waals surface area contributed by atoms with E-state index < -0.39 is 5.97 Å². The van der Waals surface area contributed by atoms with Crippen molar-refractivity contribution in [2.45, 2.75) is 26.7 Å². The van der Waals surface area contributed by atoms with Crippen LogP contribution < -0.4 is 4.90 Å². The average Bonchev–Trinajstić information content (AvgIpc) is 3.33. The number of aromatic amines is 1. The number of aryl methyl sites for hydroxylation is 2. The molecule has 0 atom stereocenters. The molecular formula is C21H21N7O2S. The van der Waals surface area contributed by atoms with E-state index in [4.69, 9.17) is 14.7 Å². The lowest BCUT2D eigenvalue weighted by Gasteiger charge is -2.39. The van der Waals surface area contributed by atoms with Gasteiger partial charge in [-0.15, -0.1) is 16.4 Å². The third-order valence-corrected chi connectivity index (χ3v) is 6.56. The van der Waals surface area contributed by atoms with E-state index in [-0.39, 0.29) is 11.7 Å². The number of aromatic nitrogens is 6. The Hall–Kier alpha value is -3.40. The van der Waals surface area contributed by atoms with Gasteiger partial charge >= 0.3 is 5.97 Å². The summed E-state index contributed by atoms with van der Waals surface area (Å²) < 4.78 is 4.97. The molecule has 0 spiro atoms. The number of nitrogens with one attached hydrogen (secondary N) is 1. The third-order valence-electron chi connectivity index (χ3n) is 5.46. The van der Waals surface area contributed by atoms with Gasteiger partial charge in [-0.3, -0.25) is 10.1 Å².